The zero-order chi connectivity index (χ0) is 37.9. The van der Waals surface area contributed by atoms with Crippen LogP contribution in [0.25, 0.3) is 0 Å². The molecule has 51 heavy (non-hydrogen) atoms. The predicted molar refractivity (Wildman–Crippen MR) is 166 cm³/mol. The molecule has 1 fully saturated rings. The van der Waals surface area contributed by atoms with Crippen molar-refractivity contribution < 1.29 is 64.9 Å². The zero-order valence-electron chi connectivity index (χ0n) is 27.9. The van der Waals surface area contributed by atoms with Crippen molar-refractivity contribution in [2.45, 2.75) is 57.6 Å². The van der Waals surface area contributed by atoms with Gasteiger partial charge in [-0.25, -0.2) is 13.6 Å². The number of rotatable bonds is 14. The molecule has 19 heteroatoms. The minimum Gasteiger partial charge on any atom is -0.451 e. The highest BCUT2D eigenvalue weighted by atomic mass is 19.4. The molecule has 0 spiro atoms. The Balaban J connectivity index is 0.00000107. The number of unbranched alkanes of at least 4 members (excludes halogenated alkanes) is 1. The van der Waals surface area contributed by atoms with Crippen molar-refractivity contribution in [1.82, 2.24) is 19.7 Å². The summed E-state index contributed by atoms with van der Waals surface area (Å²) in [6.45, 7) is 1.94. The van der Waals surface area contributed by atoms with Crippen LogP contribution < -0.4 is 15.5 Å². The third-order valence-corrected chi connectivity index (χ3v) is 7.47. The number of halogens is 5. The summed E-state index contributed by atoms with van der Waals surface area (Å²) in [4.78, 5) is 76.3. The van der Waals surface area contributed by atoms with Gasteiger partial charge in [-0.1, -0.05) is 6.07 Å². The van der Waals surface area contributed by atoms with Crippen LogP contribution in [0, 0.1) is 11.6 Å². The van der Waals surface area contributed by atoms with Crippen LogP contribution in [-0.4, -0.2) is 110 Å². The van der Waals surface area contributed by atoms with Gasteiger partial charge in [0.1, 0.15) is 11.6 Å². The maximum absolute atomic E-state index is 14.1. The van der Waals surface area contributed by atoms with Crippen molar-refractivity contribution in [3.8, 4) is 5.75 Å². The number of fused-ring (bicyclic) bond motifs is 2. The summed E-state index contributed by atoms with van der Waals surface area (Å²) < 4.78 is 80.8. The summed E-state index contributed by atoms with van der Waals surface area (Å²) in [5.74, 6) is -3.90. The number of ketones is 1. The average Bonchev–Trinajstić information content (AvgIpc) is 3.44. The quantitative estimate of drug-likeness (QED) is 0.0759. The number of aldehydes is 1. The van der Waals surface area contributed by atoms with Crippen molar-refractivity contribution in [1.29, 1.82) is 0 Å². The lowest BCUT2D eigenvalue weighted by molar-refractivity contribution is -0.156. The number of hydrogen-bond donors (Lipinski definition) is 1. The maximum Gasteiger partial charge on any atom is 0.511 e. The lowest BCUT2D eigenvalue weighted by Crippen LogP contribution is -2.49. The van der Waals surface area contributed by atoms with Gasteiger partial charge in [0.2, 0.25) is 24.3 Å². The molecule has 4 rings (SSSR count). The normalized spacial score (nSPS) is 16.4. The van der Waals surface area contributed by atoms with Gasteiger partial charge in [-0.2, -0.15) is 13.2 Å². The summed E-state index contributed by atoms with van der Waals surface area (Å²) in [5, 5.41) is 2.62. The number of nitrogens with zero attached hydrogens (tertiary/aromatic N) is 3. The number of pyridine rings is 1. The molecule has 0 radical (unpaired) electrons. The van der Waals surface area contributed by atoms with E-state index >= 15 is 0 Å². The number of alkyl halides is 3. The second-order valence-electron chi connectivity index (χ2n) is 11.7. The number of amides is 2. The topological polar surface area (TPSA) is 163 Å². The summed E-state index contributed by atoms with van der Waals surface area (Å²) in [5.41, 5.74) is -1.35. The monoisotopic (exact) mass is 732 g/mol. The van der Waals surface area contributed by atoms with E-state index in [4.69, 9.17) is 23.7 Å². The number of hydrogen-bond acceptors (Lipinski definition) is 11. The first-order chi connectivity index (χ1) is 24.0. The Morgan fingerprint density at radius 3 is 2.47 bits per heavy atom. The first-order valence-corrected chi connectivity index (χ1v) is 15.6. The number of aromatic nitrogens is 1. The van der Waals surface area contributed by atoms with Crippen molar-refractivity contribution >= 4 is 30.0 Å². The standard InChI is InChI=1S/C30H36F2N4O9.C2HF3O/c1-18-15-42-25-14-35-13-21(23(37)9-7-19-6-8-20(31)12-22(19)32)27(39)28(26(35)29(40)36(18)25)44-17-45-30(41)43-16-24(38)33-10-4-5-11-34(2)3;3-2(4,5)1-6/h6,8,12-13,18,25H,4-5,7,9-11,14-17H2,1-3H3,(H,33,38);1H/t18-,25+;/m0./s1. The van der Waals surface area contributed by atoms with E-state index in [-0.39, 0.29) is 48.9 Å². The third-order valence-electron chi connectivity index (χ3n) is 7.47. The van der Waals surface area contributed by atoms with E-state index in [9.17, 15) is 45.9 Å². The van der Waals surface area contributed by atoms with Crippen molar-refractivity contribution in [2.75, 3.05) is 47.2 Å². The molecule has 2 atom stereocenters. The number of carbonyl (C=O) groups is 5. The fourth-order valence-corrected chi connectivity index (χ4v) is 5.03. The molecule has 14 nitrogen and oxygen atoms in total. The molecule has 0 unspecified atom stereocenters. The van der Waals surface area contributed by atoms with Crippen molar-refractivity contribution in [3.05, 3.63) is 63.1 Å². The third kappa shape index (κ3) is 11.8. The molecule has 1 saturated heterocycles. The second-order valence-corrected chi connectivity index (χ2v) is 11.7. The highest BCUT2D eigenvalue weighted by molar-refractivity contribution is 6.00. The molecule has 2 aromatic rings. The summed E-state index contributed by atoms with van der Waals surface area (Å²) in [6.07, 6.45) is -5.16. The molecular formula is C32H37F5N4O10. The summed E-state index contributed by atoms with van der Waals surface area (Å²) in [7, 11) is 3.89. The van der Waals surface area contributed by atoms with Crippen LogP contribution in [-0.2, 0) is 36.8 Å². The number of benzene rings is 1. The van der Waals surface area contributed by atoms with E-state index in [0.717, 1.165) is 25.5 Å². The van der Waals surface area contributed by atoms with Gasteiger partial charge in [-0.05, 0) is 58.5 Å². The Morgan fingerprint density at radius 1 is 1.12 bits per heavy atom. The average molecular weight is 733 g/mol. The highest BCUT2D eigenvalue weighted by Gasteiger charge is 2.43. The first kappa shape index (κ1) is 40.5. The van der Waals surface area contributed by atoms with Gasteiger partial charge < -0.3 is 38.6 Å². The van der Waals surface area contributed by atoms with Crippen LogP contribution in [0.15, 0.2) is 29.2 Å². The molecule has 1 aromatic heterocycles. The Kier molecular flexibility index (Phi) is 14.6. The molecule has 280 valence electrons. The van der Waals surface area contributed by atoms with Crippen molar-refractivity contribution in [3.63, 3.8) is 0 Å². The highest BCUT2D eigenvalue weighted by Crippen LogP contribution is 2.30. The molecule has 2 amide bonds. The summed E-state index contributed by atoms with van der Waals surface area (Å²) in [6, 6.07) is 2.68. The number of nitrogens with one attached hydrogen (secondary N) is 1. The predicted octanol–water partition coefficient (Wildman–Crippen LogP) is 2.84. The molecule has 1 N–H and O–H groups in total. The molecular weight excluding hydrogens is 695 g/mol. The molecule has 2 aliphatic heterocycles. The Labute approximate surface area is 288 Å². The molecule has 0 saturated carbocycles. The van der Waals surface area contributed by atoms with Gasteiger partial charge in [0.05, 0.1) is 24.8 Å². The second kappa shape index (κ2) is 18.4. The van der Waals surface area contributed by atoms with Crippen LogP contribution in [0.1, 0.15) is 52.6 Å². The largest absolute Gasteiger partial charge is 0.511 e. The smallest absolute Gasteiger partial charge is 0.451 e. The van der Waals surface area contributed by atoms with E-state index in [1.54, 1.807) is 6.92 Å². The maximum atomic E-state index is 14.1. The zero-order valence-corrected chi connectivity index (χ0v) is 27.9. The SMILES string of the molecule is C[C@H]1CO[C@@H]2Cn3cc(C(=O)CCc4ccc(F)cc4F)c(=O)c(OCOC(=O)OCC(=O)NCCCCN(C)C)c3C(=O)N12.O=CC(F)(F)F. The number of ether oxygens (including phenoxy) is 4. The van der Waals surface area contributed by atoms with E-state index in [1.807, 2.05) is 19.0 Å². The van der Waals surface area contributed by atoms with Gasteiger partial charge in [-0.15, -0.1) is 0 Å². The Bertz CT molecular complexity index is 1650. The Morgan fingerprint density at radius 2 is 1.82 bits per heavy atom. The minimum atomic E-state index is -4.64. The van der Waals surface area contributed by atoms with Gasteiger partial charge >= 0.3 is 12.3 Å². The van der Waals surface area contributed by atoms with Gasteiger partial charge in [0, 0.05) is 25.2 Å². The fourth-order valence-electron chi connectivity index (χ4n) is 5.03. The van der Waals surface area contributed by atoms with Crippen molar-refractivity contribution in [2.24, 2.45) is 0 Å². The van der Waals surface area contributed by atoms with Gasteiger partial charge in [0.25, 0.3) is 11.8 Å². The van der Waals surface area contributed by atoms with Crippen LogP contribution in [0.3, 0.4) is 0 Å². The van der Waals surface area contributed by atoms with Crippen LogP contribution >= 0.6 is 0 Å². The van der Waals surface area contributed by atoms with Crippen LogP contribution in [0.5, 0.6) is 5.75 Å². The molecule has 2 aliphatic rings. The van der Waals surface area contributed by atoms with Crippen LogP contribution in [0.2, 0.25) is 0 Å². The van der Waals surface area contributed by atoms with E-state index in [1.165, 1.54) is 21.7 Å². The van der Waals surface area contributed by atoms with E-state index in [0.29, 0.717) is 12.6 Å². The van der Waals surface area contributed by atoms with Gasteiger partial charge in [0.15, 0.2) is 24.3 Å². The lowest BCUT2D eigenvalue weighted by atomic mass is 10.0. The van der Waals surface area contributed by atoms with E-state index < -0.39 is 78.7 Å². The number of carbonyl (C=O) groups excluding carboxylic acids is 5. The van der Waals surface area contributed by atoms with Gasteiger partial charge in [-0.3, -0.25) is 24.0 Å². The Hall–Kier alpha value is -4.91. The molecule has 1 aromatic carbocycles. The molecule has 0 bridgehead atoms. The lowest BCUT2D eigenvalue weighted by Gasteiger charge is -2.34. The minimum absolute atomic E-state index is 0.0854. The van der Waals surface area contributed by atoms with E-state index in [2.05, 4.69) is 5.32 Å². The number of Topliss-reactive ketones (excluding diaryl/α,β-unsaturated/α-hetero) is 1. The number of aryl methyl sites for hydroxylation is 1. The van der Waals surface area contributed by atoms with Crippen LogP contribution in [0.4, 0.5) is 26.7 Å². The summed E-state index contributed by atoms with van der Waals surface area (Å²) >= 11 is 0. The fraction of sp³-hybridized carbons (Fsp3) is 0.500. The first-order valence-electron chi connectivity index (χ1n) is 15.6. The molecule has 0 aliphatic carbocycles. The molecule has 3 heterocycles.